The monoisotopic (exact) mass is 270 g/mol. The Morgan fingerprint density at radius 2 is 2.10 bits per heavy atom. The quantitative estimate of drug-likeness (QED) is 0.858. The highest BCUT2D eigenvalue weighted by atomic mass is 15.2. The van der Waals surface area contributed by atoms with Gasteiger partial charge in [-0.1, -0.05) is 6.07 Å². The Balaban J connectivity index is 1.80. The Labute approximate surface area is 120 Å². The van der Waals surface area contributed by atoms with Crippen molar-refractivity contribution in [2.24, 2.45) is 0 Å². The first-order valence-corrected chi connectivity index (χ1v) is 7.44. The predicted molar refractivity (Wildman–Crippen MR) is 81.0 cm³/mol. The molecule has 106 valence electrons. The van der Waals surface area contributed by atoms with Gasteiger partial charge in [0.15, 0.2) is 0 Å². The fraction of sp³-hybridized carbons (Fsp3) is 0.500. The molecule has 0 spiro atoms. The summed E-state index contributed by atoms with van der Waals surface area (Å²) in [7, 11) is 0. The molecular formula is C16H22N4. The van der Waals surface area contributed by atoms with Gasteiger partial charge in [0.05, 0.1) is 0 Å². The fourth-order valence-corrected chi connectivity index (χ4v) is 3.01. The Morgan fingerprint density at radius 3 is 2.85 bits per heavy atom. The van der Waals surface area contributed by atoms with E-state index in [1.807, 2.05) is 18.5 Å². The predicted octanol–water partition coefficient (Wildman–Crippen LogP) is 3.24. The van der Waals surface area contributed by atoms with Crippen molar-refractivity contribution in [3.8, 4) is 0 Å². The maximum atomic E-state index is 4.61. The molecule has 0 unspecified atom stereocenters. The molecule has 1 aliphatic rings. The molecule has 1 atom stereocenters. The van der Waals surface area contributed by atoms with E-state index in [4.69, 9.17) is 0 Å². The Bertz CT molecular complexity index is 547. The van der Waals surface area contributed by atoms with E-state index in [0.29, 0.717) is 12.0 Å². The number of hydrogen-bond acceptors (Lipinski definition) is 3. The fourth-order valence-electron chi connectivity index (χ4n) is 3.01. The van der Waals surface area contributed by atoms with E-state index in [0.717, 1.165) is 18.9 Å². The van der Waals surface area contributed by atoms with Crippen LogP contribution in [0.3, 0.4) is 0 Å². The van der Waals surface area contributed by atoms with Crippen molar-refractivity contribution in [3.63, 3.8) is 0 Å². The molecule has 3 heterocycles. The lowest BCUT2D eigenvalue weighted by molar-refractivity contribution is 0.453. The van der Waals surface area contributed by atoms with E-state index >= 15 is 0 Å². The van der Waals surface area contributed by atoms with Gasteiger partial charge in [0, 0.05) is 43.6 Å². The van der Waals surface area contributed by atoms with E-state index in [1.165, 1.54) is 18.7 Å². The van der Waals surface area contributed by atoms with Crippen LogP contribution in [0.1, 0.15) is 44.5 Å². The maximum Gasteiger partial charge on any atom is 0.128 e. The molecule has 2 aromatic heterocycles. The lowest BCUT2D eigenvalue weighted by Gasteiger charge is -2.33. The zero-order valence-corrected chi connectivity index (χ0v) is 12.2. The number of imidazole rings is 1. The van der Waals surface area contributed by atoms with E-state index in [1.54, 1.807) is 0 Å². The molecule has 4 nitrogen and oxygen atoms in total. The van der Waals surface area contributed by atoms with Crippen LogP contribution < -0.4 is 4.90 Å². The lowest BCUT2D eigenvalue weighted by atomic mass is 9.97. The first-order valence-electron chi connectivity index (χ1n) is 7.44. The molecule has 20 heavy (non-hydrogen) atoms. The minimum atomic E-state index is 0.470. The molecular weight excluding hydrogens is 248 g/mol. The Morgan fingerprint density at radius 1 is 1.20 bits per heavy atom. The van der Waals surface area contributed by atoms with Crippen LogP contribution in [0.15, 0.2) is 36.8 Å². The summed E-state index contributed by atoms with van der Waals surface area (Å²) in [5, 5.41) is 0. The molecule has 0 aliphatic carbocycles. The second kappa shape index (κ2) is 5.65. The zero-order chi connectivity index (χ0) is 13.9. The maximum absolute atomic E-state index is 4.61. The molecule has 0 saturated carbocycles. The van der Waals surface area contributed by atoms with Crippen LogP contribution in [0.5, 0.6) is 0 Å². The first kappa shape index (κ1) is 13.2. The van der Waals surface area contributed by atoms with Crippen molar-refractivity contribution in [1.82, 2.24) is 14.5 Å². The highest BCUT2D eigenvalue weighted by molar-refractivity contribution is 5.39. The van der Waals surface area contributed by atoms with Crippen LogP contribution in [0, 0.1) is 0 Å². The standard InChI is InChI=1S/C16H22N4/c1-13(2)20-11-9-18-16(20)14-6-5-10-19(12-14)15-7-3-4-8-17-15/h3-4,7-9,11,13-14H,5-6,10,12H2,1-2H3/t14-/m0/s1. The third-order valence-corrected chi connectivity index (χ3v) is 4.01. The first-order chi connectivity index (χ1) is 9.75. The summed E-state index contributed by atoms with van der Waals surface area (Å²) in [6.07, 6.45) is 8.31. The largest absolute Gasteiger partial charge is 0.356 e. The number of rotatable bonds is 3. The molecule has 1 fully saturated rings. The lowest BCUT2D eigenvalue weighted by Crippen LogP contribution is -2.36. The topological polar surface area (TPSA) is 34.0 Å². The van der Waals surface area contributed by atoms with Crippen LogP contribution in [0.25, 0.3) is 0 Å². The van der Waals surface area contributed by atoms with Crippen LogP contribution in [-0.2, 0) is 0 Å². The molecule has 0 N–H and O–H groups in total. The van der Waals surface area contributed by atoms with Gasteiger partial charge in [-0.05, 0) is 38.8 Å². The van der Waals surface area contributed by atoms with E-state index in [2.05, 4.69) is 51.6 Å². The summed E-state index contributed by atoms with van der Waals surface area (Å²) in [5.41, 5.74) is 0. The number of piperidine rings is 1. The highest BCUT2D eigenvalue weighted by Gasteiger charge is 2.25. The Hall–Kier alpha value is -1.84. The highest BCUT2D eigenvalue weighted by Crippen LogP contribution is 2.29. The van der Waals surface area contributed by atoms with Crippen molar-refractivity contribution in [2.45, 2.75) is 38.6 Å². The summed E-state index contributed by atoms with van der Waals surface area (Å²) >= 11 is 0. The summed E-state index contributed by atoms with van der Waals surface area (Å²) < 4.78 is 2.30. The van der Waals surface area contributed by atoms with Gasteiger partial charge >= 0.3 is 0 Å². The Kier molecular flexibility index (Phi) is 3.72. The van der Waals surface area contributed by atoms with Crippen molar-refractivity contribution in [1.29, 1.82) is 0 Å². The number of hydrogen-bond donors (Lipinski definition) is 0. The number of nitrogens with zero attached hydrogens (tertiary/aromatic N) is 4. The average molecular weight is 270 g/mol. The summed E-state index contributed by atoms with van der Waals surface area (Å²) in [5.74, 6) is 2.81. The molecule has 4 heteroatoms. The molecule has 0 aromatic carbocycles. The number of aromatic nitrogens is 3. The van der Waals surface area contributed by atoms with Crippen molar-refractivity contribution in [2.75, 3.05) is 18.0 Å². The number of pyridine rings is 1. The van der Waals surface area contributed by atoms with Gasteiger partial charge in [0.1, 0.15) is 11.6 Å². The molecule has 2 aromatic rings. The third-order valence-electron chi connectivity index (χ3n) is 4.01. The zero-order valence-electron chi connectivity index (χ0n) is 12.2. The molecule has 3 rings (SSSR count). The smallest absolute Gasteiger partial charge is 0.128 e. The molecule has 1 saturated heterocycles. The number of anilines is 1. The van der Waals surface area contributed by atoms with E-state index in [-0.39, 0.29) is 0 Å². The summed E-state index contributed by atoms with van der Waals surface area (Å²) in [6, 6.07) is 6.59. The van der Waals surface area contributed by atoms with Crippen molar-refractivity contribution in [3.05, 3.63) is 42.6 Å². The minimum absolute atomic E-state index is 0.470. The van der Waals surface area contributed by atoms with Gasteiger partial charge in [-0.25, -0.2) is 9.97 Å². The van der Waals surface area contributed by atoms with E-state index < -0.39 is 0 Å². The SMILES string of the molecule is CC(C)n1ccnc1[C@H]1CCCN(c2ccccn2)C1. The van der Waals surface area contributed by atoms with Gasteiger partial charge in [-0.2, -0.15) is 0 Å². The van der Waals surface area contributed by atoms with Gasteiger partial charge in [0.25, 0.3) is 0 Å². The summed E-state index contributed by atoms with van der Waals surface area (Å²) in [4.78, 5) is 11.5. The second-order valence-electron chi connectivity index (χ2n) is 5.76. The van der Waals surface area contributed by atoms with Crippen molar-refractivity contribution >= 4 is 5.82 Å². The van der Waals surface area contributed by atoms with Crippen LogP contribution in [0.4, 0.5) is 5.82 Å². The second-order valence-corrected chi connectivity index (χ2v) is 5.76. The van der Waals surface area contributed by atoms with E-state index in [9.17, 15) is 0 Å². The van der Waals surface area contributed by atoms with Crippen LogP contribution in [0.2, 0.25) is 0 Å². The summed E-state index contributed by atoms with van der Waals surface area (Å²) in [6.45, 7) is 6.53. The minimum Gasteiger partial charge on any atom is -0.356 e. The average Bonchev–Trinajstić information content (AvgIpc) is 2.98. The third kappa shape index (κ3) is 2.55. The van der Waals surface area contributed by atoms with Crippen molar-refractivity contribution < 1.29 is 0 Å². The van der Waals surface area contributed by atoms with Crippen LogP contribution >= 0.6 is 0 Å². The molecule has 0 bridgehead atoms. The van der Waals surface area contributed by atoms with Gasteiger partial charge in [-0.15, -0.1) is 0 Å². The molecule has 1 aliphatic heterocycles. The van der Waals surface area contributed by atoms with Crippen LogP contribution in [-0.4, -0.2) is 27.6 Å². The van der Waals surface area contributed by atoms with Gasteiger partial charge in [0.2, 0.25) is 0 Å². The van der Waals surface area contributed by atoms with Gasteiger partial charge < -0.3 is 9.47 Å². The normalized spacial score (nSPS) is 19.6. The molecule has 0 amide bonds. The van der Waals surface area contributed by atoms with Gasteiger partial charge in [-0.3, -0.25) is 0 Å². The molecule has 0 radical (unpaired) electrons.